The molecule has 0 unspecified atom stereocenters. The third-order valence-corrected chi connectivity index (χ3v) is 4.16. The maximum atomic E-state index is 12.1. The van der Waals surface area contributed by atoms with Gasteiger partial charge in [0, 0.05) is 17.0 Å². The minimum atomic E-state index is -0.108. The molecule has 134 valence electrons. The number of carbonyl (C=O) groups excluding carboxylic acids is 1. The summed E-state index contributed by atoms with van der Waals surface area (Å²) in [5.74, 6) is 1.57. The van der Waals surface area contributed by atoms with Crippen LogP contribution in [-0.4, -0.2) is 19.6 Å². The molecule has 2 aromatic carbocycles. The number of amides is 1. The smallest absolute Gasteiger partial charge is 0.220 e. The summed E-state index contributed by atoms with van der Waals surface area (Å²) >= 11 is 5.92. The third kappa shape index (κ3) is 5.68. The normalized spacial score (nSPS) is 11.7. The zero-order chi connectivity index (χ0) is 18.2. The van der Waals surface area contributed by atoms with Crippen LogP contribution in [0.5, 0.6) is 11.5 Å². The molecule has 0 saturated carbocycles. The molecule has 2 rings (SSSR count). The Hall–Kier alpha value is -2.20. The SMILES string of the molecule is COc1ccccc1[C@@H](C)NC(=O)CCCOc1ccc(Cl)cc1C. The summed E-state index contributed by atoms with van der Waals surface area (Å²) in [7, 11) is 1.63. The second kappa shape index (κ2) is 9.33. The topological polar surface area (TPSA) is 47.6 Å². The van der Waals surface area contributed by atoms with Gasteiger partial charge in [-0.1, -0.05) is 29.8 Å². The van der Waals surface area contributed by atoms with Gasteiger partial charge in [-0.15, -0.1) is 0 Å². The fourth-order valence-corrected chi connectivity index (χ4v) is 2.83. The van der Waals surface area contributed by atoms with E-state index in [1.165, 1.54) is 0 Å². The summed E-state index contributed by atoms with van der Waals surface area (Å²) in [5.41, 5.74) is 1.95. The van der Waals surface area contributed by atoms with Crippen molar-refractivity contribution in [1.82, 2.24) is 5.32 Å². The van der Waals surface area contributed by atoms with Gasteiger partial charge in [0.15, 0.2) is 0 Å². The van der Waals surface area contributed by atoms with Crippen LogP contribution in [-0.2, 0) is 4.79 Å². The number of hydrogen-bond donors (Lipinski definition) is 1. The molecule has 2 aromatic rings. The highest BCUT2D eigenvalue weighted by atomic mass is 35.5. The Morgan fingerprint density at radius 1 is 1.20 bits per heavy atom. The zero-order valence-electron chi connectivity index (χ0n) is 14.8. The van der Waals surface area contributed by atoms with Gasteiger partial charge in [-0.25, -0.2) is 0 Å². The van der Waals surface area contributed by atoms with Gasteiger partial charge in [-0.2, -0.15) is 0 Å². The lowest BCUT2D eigenvalue weighted by atomic mass is 10.1. The number of methoxy groups -OCH3 is 1. The predicted octanol–water partition coefficient (Wildman–Crippen LogP) is 4.69. The molecule has 25 heavy (non-hydrogen) atoms. The minimum Gasteiger partial charge on any atom is -0.496 e. The fourth-order valence-electron chi connectivity index (χ4n) is 2.61. The van der Waals surface area contributed by atoms with E-state index in [2.05, 4.69) is 5.32 Å². The summed E-state index contributed by atoms with van der Waals surface area (Å²) in [4.78, 5) is 12.1. The molecular formula is C20H24ClNO3. The molecule has 1 amide bonds. The number of carbonyl (C=O) groups is 1. The molecule has 0 spiro atoms. The Kier molecular flexibility index (Phi) is 7.14. The van der Waals surface area contributed by atoms with E-state index >= 15 is 0 Å². The first kappa shape index (κ1) is 19.1. The van der Waals surface area contributed by atoms with Crippen LogP contribution in [0.1, 0.15) is 36.9 Å². The Morgan fingerprint density at radius 2 is 1.96 bits per heavy atom. The molecule has 0 radical (unpaired) electrons. The number of halogens is 1. The van der Waals surface area contributed by atoms with Gasteiger partial charge in [0.1, 0.15) is 11.5 Å². The molecule has 0 aromatic heterocycles. The van der Waals surface area contributed by atoms with Crippen molar-refractivity contribution in [2.45, 2.75) is 32.7 Å². The highest BCUT2D eigenvalue weighted by molar-refractivity contribution is 6.30. The molecule has 5 heteroatoms. The van der Waals surface area contributed by atoms with Gasteiger partial charge < -0.3 is 14.8 Å². The first-order valence-corrected chi connectivity index (χ1v) is 8.70. The summed E-state index contributed by atoms with van der Waals surface area (Å²) < 4.78 is 11.0. The minimum absolute atomic E-state index is 0.00478. The molecule has 1 atom stereocenters. The largest absolute Gasteiger partial charge is 0.496 e. The molecule has 4 nitrogen and oxygen atoms in total. The molecule has 0 heterocycles. The Labute approximate surface area is 154 Å². The lowest BCUT2D eigenvalue weighted by molar-refractivity contribution is -0.121. The highest BCUT2D eigenvalue weighted by Crippen LogP contribution is 2.24. The summed E-state index contributed by atoms with van der Waals surface area (Å²) in [6.07, 6.45) is 1.05. The van der Waals surface area contributed by atoms with Crippen LogP contribution in [0.25, 0.3) is 0 Å². The second-order valence-corrected chi connectivity index (χ2v) is 6.33. The lowest BCUT2D eigenvalue weighted by Crippen LogP contribution is -2.27. The lowest BCUT2D eigenvalue weighted by Gasteiger charge is -2.17. The van der Waals surface area contributed by atoms with E-state index in [0.717, 1.165) is 22.6 Å². The zero-order valence-corrected chi connectivity index (χ0v) is 15.6. The number of rotatable bonds is 8. The molecule has 0 aliphatic rings. The van der Waals surface area contributed by atoms with E-state index in [-0.39, 0.29) is 11.9 Å². The molecule has 0 bridgehead atoms. The van der Waals surface area contributed by atoms with E-state index in [9.17, 15) is 4.79 Å². The molecule has 0 aliphatic carbocycles. The predicted molar refractivity (Wildman–Crippen MR) is 100 cm³/mol. The van der Waals surface area contributed by atoms with Crippen LogP contribution in [0.15, 0.2) is 42.5 Å². The number of aryl methyl sites for hydroxylation is 1. The Bertz CT molecular complexity index is 718. The number of benzene rings is 2. The monoisotopic (exact) mass is 361 g/mol. The van der Waals surface area contributed by atoms with E-state index in [0.29, 0.717) is 24.5 Å². The van der Waals surface area contributed by atoms with Crippen LogP contribution in [0.3, 0.4) is 0 Å². The molecule has 1 N–H and O–H groups in total. The van der Waals surface area contributed by atoms with Crippen molar-refractivity contribution in [3.05, 3.63) is 58.6 Å². The first-order chi connectivity index (χ1) is 12.0. The highest BCUT2D eigenvalue weighted by Gasteiger charge is 2.13. The van der Waals surface area contributed by atoms with Crippen LogP contribution in [0.4, 0.5) is 0 Å². The Balaban J connectivity index is 1.77. The van der Waals surface area contributed by atoms with Crippen LogP contribution >= 0.6 is 11.6 Å². The summed E-state index contributed by atoms with van der Waals surface area (Å²) in [5, 5.41) is 3.69. The van der Waals surface area contributed by atoms with E-state index in [4.69, 9.17) is 21.1 Å². The number of nitrogens with one attached hydrogen (secondary N) is 1. The molecule has 0 saturated heterocycles. The van der Waals surface area contributed by atoms with Crippen molar-refractivity contribution in [3.63, 3.8) is 0 Å². The number of ether oxygens (including phenoxy) is 2. The van der Waals surface area contributed by atoms with Crippen molar-refractivity contribution in [3.8, 4) is 11.5 Å². The van der Waals surface area contributed by atoms with Crippen LogP contribution < -0.4 is 14.8 Å². The van der Waals surface area contributed by atoms with E-state index < -0.39 is 0 Å². The first-order valence-electron chi connectivity index (χ1n) is 8.32. The molecular weight excluding hydrogens is 338 g/mol. The van der Waals surface area contributed by atoms with Crippen molar-refractivity contribution in [2.24, 2.45) is 0 Å². The van der Waals surface area contributed by atoms with Crippen molar-refractivity contribution in [1.29, 1.82) is 0 Å². The van der Waals surface area contributed by atoms with Crippen molar-refractivity contribution >= 4 is 17.5 Å². The maximum Gasteiger partial charge on any atom is 0.220 e. The van der Waals surface area contributed by atoms with Gasteiger partial charge in [-0.3, -0.25) is 4.79 Å². The van der Waals surface area contributed by atoms with Gasteiger partial charge in [-0.05, 0) is 50.1 Å². The average molecular weight is 362 g/mol. The fraction of sp³-hybridized carbons (Fsp3) is 0.350. The van der Waals surface area contributed by atoms with Crippen LogP contribution in [0.2, 0.25) is 5.02 Å². The average Bonchev–Trinajstić information content (AvgIpc) is 2.60. The summed E-state index contributed by atoms with van der Waals surface area (Å²) in [6, 6.07) is 13.1. The second-order valence-electron chi connectivity index (χ2n) is 5.89. The standard InChI is InChI=1S/C20H24ClNO3/c1-14-13-16(21)10-11-18(14)25-12-6-9-20(23)22-15(2)17-7-4-5-8-19(17)24-3/h4-5,7-8,10-11,13,15H,6,9,12H2,1-3H3,(H,22,23)/t15-/m1/s1. The molecule has 0 fully saturated rings. The van der Waals surface area contributed by atoms with Crippen LogP contribution in [0, 0.1) is 6.92 Å². The maximum absolute atomic E-state index is 12.1. The van der Waals surface area contributed by atoms with E-state index in [1.807, 2.05) is 50.2 Å². The van der Waals surface area contributed by atoms with Gasteiger partial charge in [0.25, 0.3) is 0 Å². The quantitative estimate of drug-likeness (QED) is 0.693. The number of para-hydroxylation sites is 1. The molecule has 0 aliphatic heterocycles. The Morgan fingerprint density at radius 3 is 2.68 bits per heavy atom. The summed E-state index contributed by atoms with van der Waals surface area (Å²) in [6.45, 7) is 4.38. The van der Waals surface area contributed by atoms with E-state index in [1.54, 1.807) is 13.2 Å². The van der Waals surface area contributed by atoms with Gasteiger partial charge >= 0.3 is 0 Å². The number of hydrogen-bond acceptors (Lipinski definition) is 3. The van der Waals surface area contributed by atoms with Gasteiger partial charge in [0.2, 0.25) is 5.91 Å². The third-order valence-electron chi connectivity index (χ3n) is 3.93. The van der Waals surface area contributed by atoms with Crippen molar-refractivity contribution < 1.29 is 14.3 Å². The van der Waals surface area contributed by atoms with Crippen molar-refractivity contribution in [2.75, 3.05) is 13.7 Å². The van der Waals surface area contributed by atoms with Gasteiger partial charge in [0.05, 0.1) is 19.8 Å².